The first-order valence-electron chi connectivity index (χ1n) is 5.57. The number of carbonyl (C=O) groups excluding carboxylic acids is 1. The molecule has 0 bridgehead atoms. The first-order chi connectivity index (χ1) is 8.60. The number of aromatic nitrogens is 1. The van der Waals surface area contributed by atoms with Gasteiger partial charge in [0.05, 0.1) is 13.0 Å². The topological polar surface area (TPSA) is 59.2 Å². The molecule has 1 heterocycles. The second-order valence-corrected chi connectivity index (χ2v) is 3.84. The van der Waals surface area contributed by atoms with Crippen LogP contribution in [0.2, 0.25) is 0 Å². The molecule has 0 atom stereocenters. The fourth-order valence-corrected chi connectivity index (χ4v) is 1.75. The number of benzene rings is 1. The van der Waals surface area contributed by atoms with Crippen LogP contribution in [0.15, 0.2) is 29.1 Å². The number of esters is 1. The second-order valence-electron chi connectivity index (χ2n) is 3.84. The fraction of sp³-hybridized carbons (Fsp3) is 0.231. The third kappa shape index (κ3) is 2.56. The number of aromatic amines is 1. The largest absolute Gasteiger partial charge is 0.466 e. The van der Waals surface area contributed by atoms with Gasteiger partial charge in [-0.2, -0.15) is 0 Å². The molecule has 0 aliphatic carbocycles. The first kappa shape index (κ1) is 12.3. The number of carbonyl (C=O) groups is 1. The Bertz CT molecular complexity index is 648. The Kier molecular flexibility index (Phi) is 3.41. The summed E-state index contributed by atoms with van der Waals surface area (Å²) in [5.74, 6) is -0.874. The number of rotatable bonds is 3. The molecule has 18 heavy (non-hydrogen) atoms. The van der Waals surface area contributed by atoms with Gasteiger partial charge in [0.15, 0.2) is 0 Å². The van der Waals surface area contributed by atoms with Gasteiger partial charge < -0.3 is 9.72 Å². The van der Waals surface area contributed by atoms with Crippen LogP contribution in [0, 0.1) is 5.82 Å². The lowest BCUT2D eigenvalue weighted by Crippen LogP contribution is -2.14. The van der Waals surface area contributed by atoms with E-state index in [1.807, 2.05) is 0 Å². The van der Waals surface area contributed by atoms with Gasteiger partial charge in [0, 0.05) is 11.1 Å². The van der Waals surface area contributed by atoms with Gasteiger partial charge in [-0.15, -0.1) is 0 Å². The molecule has 0 saturated heterocycles. The van der Waals surface area contributed by atoms with E-state index in [9.17, 15) is 14.0 Å². The van der Waals surface area contributed by atoms with Gasteiger partial charge in [-0.25, -0.2) is 4.39 Å². The van der Waals surface area contributed by atoms with E-state index in [0.717, 1.165) is 0 Å². The number of pyridine rings is 1. The molecule has 0 fully saturated rings. The van der Waals surface area contributed by atoms with Crippen LogP contribution in [0.25, 0.3) is 10.8 Å². The van der Waals surface area contributed by atoms with Crippen molar-refractivity contribution in [1.29, 1.82) is 0 Å². The molecule has 1 aromatic carbocycles. The van der Waals surface area contributed by atoms with Crippen LogP contribution < -0.4 is 5.56 Å². The molecule has 5 heteroatoms. The standard InChI is InChI=1S/C13H12FNO3/c1-2-18-12(16)7-10-5-8-3-4-9(14)6-11(8)13(17)15-10/h3-6H,2,7H2,1H3,(H,15,17). The van der Waals surface area contributed by atoms with E-state index >= 15 is 0 Å². The summed E-state index contributed by atoms with van der Waals surface area (Å²) in [6, 6.07) is 5.60. The van der Waals surface area contributed by atoms with Gasteiger partial charge in [-0.1, -0.05) is 6.07 Å². The minimum atomic E-state index is -0.467. The summed E-state index contributed by atoms with van der Waals surface area (Å²) in [6.45, 7) is 2.01. The Morgan fingerprint density at radius 3 is 2.89 bits per heavy atom. The van der Waals surface area contributed by atoms with Gasteiger partial charge >= 0.3 is 5.97 Å². The molecular weight excluding hydrogens is 237 g/mol. The summed E-state index contributed by atoms with van der Waals surface area (Å²) in [7, 11) is 0. The smallest absolute Gasteiger partial charge is 0.311 e. The van der Waals surface area contributed by atoms with E-state index in [2.05, 4.69) is 4.98 Å². The normalized spacial score (nSPS) is 10.6. The lowest BCUT2D eigenvalue weighted by molar-refractivity contribution is -0.142. The summed E-state index contributed by atoms with van der Waals surface area (Å²) in [5.41, 5.74) is 0.0452. The number of H-pyrrole nitrogens is 1. The predicted octanol–water partition coefficient (Wildman–Crippen LogP) is 1.77. The van der Waals surface area contributed by atoms with Crippen LogP contribution in [-0.2, 0) is 16.0 Å². The quantitative estimate of drug-likeness (QED) is 0.843. The highest BCUT2D eigenvalue weighted by atomic mass is 19.1. The molecular formula is C13H12FNO3. The third-order valence-corrected chi connectivity index (χ3v) is 2.50. The number of halogens is 1. The average molecular weight is 249 g/mol. The molecule has 1 N–H and O–H groups in total. The Labute approximate surface area is 102 Å². The van der Waals surface area contributed by atoms with E-state index in [1.165, 1.54) is 18.2 Å². The predicted molar refractivity (Wildman–Crippen MR) is 64.9 cm³/mol. The summed E-state index contributed by atoms with van der Waals surface area (Å²) in [5, 5.41) is 0.863. The van der Waals surface area contributed by atoms with E-state index in [4.69, 9.17) is 4.74 Å². The van der Waals surface area contributed by atoms with Gasteiger partial charge in [0.2, 0.25) is 0 Å². The summed E-state index contributed by atoms with van der Waals surface area (Å²) >= 11 is 0. The molecule has 0 saturated carbocycles. The molecule has 0 unspecified atom stereocenters. The average Bonchev–Trinajstić information content (AvgIpc) is 2.30. The highest BCUT2D eigenvalue weighted by molar-refractivity contribution is 5.83. The minimum Gasteiger partial charge on any atom is -0.466 e. The molecule has 2 rings (SSSR count). The van der Waals surface area contributed by atoms with E-state index < -0.39 is 17.3 Å². The van der Waals surface area contributed by atoms with E-state index in [0.29, 0.717) is 17.7 Å². The maximum absolute atomic E-state index is 13.0. The van der Waals surface area contributed by atoms with Crippen molar-refractivity contribution in [2.45, 2.75) is 13.3 Å². The maximum atomic E-state index is 13.0. The van der Waals surface area contributed by atoms with E-state index in [1.54, 1.807) is 13.0 Å². The Morgan fingerprint density at radius 1 is 1.39 bits per heavy atom. The molecule has 4 nitrogen and oxygen atoms in total. The van der Waals surface area contributed by atoms with Crippen molar-refractivity contribution in [2.75, 3.05) is 6.61 Å². The Balaban J connectivity index is 2.40. The Morgan fingerprint density at radius 2 is 2.17 bits per heavy atom. The zero-order valence-corrected chi connectivity index (χ0v) is 9.83. The van der Waals surface area contributed by atoms with Crippen molar-refractivity contribution in [2.24, 2.45) is 0 Å². The van der Waals surface area contributed by atoms with E-state index in [-0.39, 0.29) is 11.8 Å². The zero-order valence-electron chi connectivity index (χ0n) is 9.83. The zero-order chi connectivity index (χ0) is 13.1. The van der Waals surface area contributed by atoms with Crippen molar-refractivity contribution < 1.29 is 13.9 Å². The number of hydrogen-bond acceptors (Lipinski definition) is 3. The summed E-state index contributed by atoms with van der Waals surface area (Å²) in [6.07, 6.45) is -0.00357. The van der Waals surface area contributed by atoms with Crippen LogP contribution in [0.4, 0.5) is 4.39 Å². The van der Waals surface area contributed by atoms with Gasteiger partial charge in [0.25, 0.3) is 5.56 Å². The lowest BCUT2D eigenvalue weighted by atomic mass is 10.1. The first-order valence-corrected chi connectivity index (χ1v) is 5.57. The molecule has 0 aliphatic heterocycles. The van der Waals surface area contributed by atoms with Crippen LogP contribution in [0.1, 0.15) is 12.6 Å². The number of nitrogens with one attached hydrogen (secondary N) is 1. The molecule has 2 aromatic rings. The summed E-state index contributed by atoms with van der Waals surface area (Å²) < 4.78 is 17.8. The van der Waals surface area contributed by atoms with Crippen molar-refractivity contribution in [3.8, 4) is 0 Å². The number of hydrogen-bond donors (Lipinski definition) is 1. The molecule has 0 radical (unpaired) electrons. The molecule has 94 valence electrons. The molecule has 0 spiro atoms. The highest BCUT2D eigenvalue weighted by Gasteiger charge is 2.08. The monoisotopic (exact) mass is 249 g/mol. The number of fused-ring (bicyclic) bond motifs is 1. The third-order valence-electron chi connectivity index (χ3n) is 2.50. The minimum absolute atomic E-state index is 0.00357. The van der Waals surface area contributed by atoms with Crippen LogP contribution in [0.3, 0.4) is 0 Å². The van der Waals surface area contributed by atoms with Gasteiger partial charge in [-0.3, -0.25) is 9.59 Å². The highest BCUT2D eigenvalue weighted by Crippen LogP contribution is 2.12. The Hall–Kier alpha value is -2.17. The van der Waals surface area contributed by atoms with Crippen LogP contribution in [-0.4, -0.2) is 17.6 Å². The molecule has 0 amide bonds. The van der Waals surface area contributed by atoms with Crippen molar-refractivity contribution in [3.05, 3.63) is 46.1 Å². The lowest BCUT2D eigenvalue weighted by Gasteiger charge is -2.04. The molecule has 1 aromatic heterocycles. The molecule has 0 aliphatic rings. The van der Waals surface area contributed by atoms with Crippen molar-refractivity contribution >= 4 is 16.7 Å². The van der Waals surface area contributed by atoms with Crippen LogP contribution in [0.5, 0.6) is 0 Å². The van der Waals surface area contributed by atoms with Crippen molar-refractivity contribution in [1.82, 2.24) is 4.98 Å². The SMILES string of the molecule is CCOC(=O)Cc1cc2ccc(F)cc2c(=O)[nH]1. The van der Waals surface area contributed by atoms with Crippen LogP contribution >= 0.6 is 0 Å². The fourth-order valence-electron chi connectivity index (χ4n) is 1.75. The maximum Gasteiger partial charge on any atom is 0.311 e. The summed E-state index contributed by atoms with van der Waals surface area (Å²) in [4.78, 5) is 25.6. The van der Waals surface area contributed by atoms with Gasteiger partial charge in [-0.05, 0) is 30.5 Å². The van der Waals surface area contributed by atoms with Gasteiger partial charge in [0.1, 0.15) is 5.82 Å². The van der Waals surface area contributed by atoms with Crippen molar-refractivity contribution in [3.63, 3.8) is 0 Å². The second kappa shape index (κ2) is 5.00. The number of ether oxygens (including phenoxy) is 1.